The fourth-order valence-corrected chi connectivity index (χ4v) is 4.82. The maximum absolute atomic E-state index is 6.45. The molecule has 1 aliphatic rings. The molecule has 7 heteroatoms. The smallest absolute Gasteiger partial charge is 0.170 e. The van der Waals surface area contributed by atoms with Crippen molar-refractivity contribution in [3.8, 4) is 17.1 Å². The van der Waals surface area contributed by atoms with Gasteiger partial charge < -0.3 is 19.4 Å². The van der Waals surface area contributed by atoms with Gasteiger partial charge in [-0.05, 0) is 72.7 Å². The molecule has 0 saturated carbocycles. The highest BCUT2D eigenvalue weighted by molar-refractivity contribution is 7.80. The van der Waals surface area contributed by atoms with Gasteiger partial charge in [-0.2, -0.15) is 0 Å². The van der Waals surface area contributed by atoms with Crippen LogP contribution in [0, 0.1) is 6.92 Å². The average molecular weight is 490 g/mol. The van der Waals surface area contributed by atoms with Crippen LogP contribution in [-0.2, 0) is 6.54 Å². The van der Waals surface area contributed by atoms with Crippen molar-refractivity contribution in [2.24, 2.45) is 0 Å². The Kier molecular flexibility index (Phi) is 6.26. The summed E-state index contributed by atoms with van der Waals surface area (Å²) >= 11 is 12.1. The van der Waals surface area contributed by atoms with E-state index in [2.05, 4.69) is 27.3 Å². The zero-order valence-corrected chi connectivity index (χ0v) is 20.4. The largest absolute Gasteiger partial charge is 0.497 e. The van der Waals surface area contributed by atoms with Gasteiger partial charge in [-0.25, -0.2) is 0 Å². The standard InChI is InChI=1S/C27H24ClN3O2S/c1-17-20(6-5-7-21(17)28)23-13-14-24(33-23)26-25(22-8-3-4-15-29-22)30-27(34)31(26)16-18-9-11-19(32-2)12-10-18/h3-15,25-26H,16H2,1-2H3,(H,30,34)/t25-,26-/m0/s1. The van der Waals surface area contributed by atoms with Crippen LogP contribution in [0.3, 0.4) is 0 Å². The second kappa shape index (κ2) is 9.49. The Morgan fingerprint density at radius 2 is 1.88 bits per heavy atom. The van der Waals surface area contributed by atoms with E-state index in [1.807, 2.05) is 67.6 Å². The SMILES string of the molecule is COc1ccc(CN2C(=S)N[C@@H](c3ccccn3)[C@@H]2c2ccc(-c3cccc(Cl)c3C)o2)cc1. The lowest BCUT2D eigenvalue weighted by Gasteiger charge is -2.26. The molecular weight excluding hydrogens is 466 g/mol. The fraction of sp³-hybridized carbons (Fsp3) is 0.185. The molecular formula is C27H24ClN3O2S. The van der Waals surface area contributed by atoms with Gasteiger partial charge >= 0.3 is 0 Å². The molecule has 3 heterocycles. The molecule has 4 aromatic rings. The summed E-state index contributed by atoms with van der Waals surface area (Å²) in [6.07, 6.45) is 1.80. The van der Waals surface area contributed by atoms with Gasteiger partial charge in [0.05, 0.1) is 18.8 Å². The monoisotopic (exact) mass is 489 g/mol. The van der Waals surface area contributed by atoms with Gasteiger partial charge in [0.15, 0.2) is 5.11 Å². The number of halogens is 1. The lowest BCUT2D eigenvalue weighted by atomic mass is 10.0. The van der Waals surface area contributed by atoms with Gasteiger partial charge in [0, 0.05) is 23.3 Å². The number of pyridine rings is 1. The van der Waals surface area contributed by atoms with Crippen molar-refractivity contribution in [2.45, 2.75) is 25.6 Å². The summed E-state index contributed by atoms with van der Waals surface area (Å²) in [4.78, 5) is 6.76. The first-order valence-corrected chi connectivity index (χ1v) is 11.8. The van der Waals surface area contributed by atoms with Crippen LogP contribution >= 0.6 is 23.8 Å². The third-order valence-electron chi connectivity index (χ3n) is 6.16. The van der Waals surface area contributed by atoms with Crippen LogP contribution in [-0.4, -0.2) is 22.1 Å². The summed E-state index contributed by atoms with van der Waals surface area (Å²) in [6.45, 7) is 2.62. The molecule has 0 spiro atoms. The van der Waals surface area contributed by atoms with E-state index in [0.717, 1.165) is 39.7 Å². The summed E-state index contributed by atoms with van der Waals surface area (Å²) in [7, 11) is 1.66. The molecule has 1 N–H and O–H groups in total. The van der Waals surface area contributed by atoms with Crippen LogP contribution in [0.2, 0.25) is 5.02 Å². The molecule has 0 radical (unpaired) electrons. The highest BCUT2D eigenvalue weighted by atomic mass is 35.5. The molecule has 1 saturated heterocycles. The van der Waals surface area contributed by atoms with Crippen molar-refractivity contribution in [3.05, 3.63) is 107 Å². The number of rotatable bonds is 6. The van der Waals surface area contributed by atoms with E-state index in [0.29, 0.717) is 16.7 Å². The highest BCUT2D eigenvalue weighted by Crippen LogP contribution is 2.42. The van der Waals surface area contributed by atoms with E-state index in [-0.39, 0.29) is 12.1 Å². The minimum Gasteiger partial charge on any atom is -0.497 e. The number of methoxy groups -OCH3 is 1. The first kappa shape index (κ1) is 22.4. The highest BCUT2D eigenvalue weighted by Gasteiger charge is 2.41. The second-order valence-corrected chi connectivity index (χ2v) is 9.01. The minimum atomic E-state index is -0.169. The van der Waals surface area contributed by atoms with Crippen LogP contribution < -0.4 is 10.1 Å². The number of aromatic nitrogens is 1. The number of benzene rings is 2. The predicted molar refractivity (Wildman–Crippen MR) is 138 cm³/mol. The van der Waals surface area contributed by atoms with Gasteiger partial charge in [-0.15, -0.1) is 0 Å². The Morgan fingerprint density at radius 1 is 1.06 bits per heavy atom. The number of ether oxygens (including phenoxy) is 1. The van der Waals surface area contributed by atoms with E-state index >= 15 is 0 Å². The number of furan rings is 1. The summed E-state index contributed by atoms with van der Waals surface area (Å²) in [5, 5.41) is 4.85. The number of thiocarbonyl (C=S) groups is 1. The zero-order chi connectivity index (χ0) is 23.7. The third-order valence-corrected chi connectivity index (χ3v) is 6.92. The zero-order valence-electron chi connectivity index (χ0n) is 18.9. The second-order valence-electron chi connectivity index (χ2n) is 8.22. The lowest BCUT2D eigenvalue weighted by molar-refractivity contribution is 0.269. The maximum Gasteiger partial charge on any atom is 0.170 e. The van der Waals surface area contributed by atoms with Gasteiger partial charge in [0.2, 0.25) is 0 Å². The molecule has 1 aliphatic heterocycles. The van der Waals surface area contributed by atoms with Crippen LogP contribution in [0.4, 0.5) is 0 Å². The number of hydrogen-bond donors (Lipinski definition) is 1. The molecule has 0 bridgehead atoms. The molecule has 5 rings (SSSR count). The number of nitrogens with zero attached hydrogens (tertiary/aromatic N) is 2. The molecule has 34 heavy (non-hydrogen) atoms. The number of hydrogen-bond acceptors (Lipinski definition) is 4. The summed E-state index contributed by atoms with van der Waals surface area (Å²) in [5.74, 6) is 2.41. The lowest BCUT2D eigenvalue weighted by Crippen LogP contribution is -2.29. The molecule has 0 amide bonds. The maximum atomic E-state index is 6.45. The fourth-order valence-electron chi connectivity index (χ4n) is 4.34. The molecule has 5 nitrogen and oxygen atoms in total. The topological polar surface area (TPSA) is 50.5 Å². The van der Waals surface area contributed by atoms with Crippen LogP contribution in [0.15, 0.2) is 83.4 Å². The molecule has 1 fully saturated rings. The van der Waals surface area contributed by atoms with Crippen molar-refractivity contribution in [1.82, 2.24) is 15.2 Å². The average Bonchev–Trinajstić information content (AvgIpc) is 3.47. The van der Waals surface area contributed by atoms with E-state index < -0.39 is 0 Å². The van der Waals surface area contributed by atoms with Crippen molar-refractivity contribution in [1.29, 1.82) is 0 Å². The van der Waals surface area contributed by atoms with Crippen molar-refractivity contribution in [3.63, 3.8) is 0 Å². The van der Waals surface area contributed by atoms with E-state index in [4.69, 9.17) is 33.0 Å². The van der Waals surface area contributed by atoms with E-state index in [1.54, 1.807) is 13.3 Å². The molecule has 2 aromatic carbocycles. The Hall–Kier alpha value is -3.35. The molecule has 0 aliphatic carbocycles. The Labute approximate surface area is 209 Å². The van der Waals surface area contributed by atoms with Crippen molar-refractivity contribution in [2.75, 3.05) is 7.11 Å². The molecule has 2 aromatic heterocycles. The normalized spacial score (nSPS) is 17.6. The third kappa shape index (κ3) is 4.27. The van der Waals surface area contributed by atoms with Gasteiger partial charge in [-0.3, -0.25) is 4.98 Å². The Bertz CT molecular complexity index is 1310. The van der Waals surface area contributed by atoms with Gasteiger partial charge in [0.25, 0.3) is 0 Å². The molecule has 0 unspecified atom stereocenters. The van der Waals surface area contributed by atoms with Crippen LogP contribution in [0.25, 0.3) is 11.3 Å². The Balaban J connectivity index is 1.53. The molecule has 2 atom stereocenters. The first-order chi connectivity index (χ1) is 16.5. The van der Waals surface area contributed by atoms with Crippen LogP contribution in [0.1, 0.15) is 34.7 Å². The first-order valence-electron chi connectivity index (χ1n) is 11.0. The predicted octanol–water partition coefficient (Wildman–Crippen LogP) is 6.48. The van der Waals surface area contributed by atoms with E-state index in [9.17, 15) is 0 Å². The minimum absolute atomic E-state index is 0.147. The summed E-state index contributed by atoms with van der Waals surface area (Å²) in [5.41, 5.74) is 3.99. The Morgan fingerprint density at radius 3 is 2.62 bits per heavy atom. The summed E-state index contributed by atoms with van der Waals surface area (Å²) < 4.78 is 11.8. The quantitative estimate of drug-likeness (QED) is 0.312. The molecule has 172 valence electrons. The van der Waals surface area contributed by atoms with E-state index in [1.165, 1.54) is 0 Å². The van der Waals surface area contributed by atoms with Gasteiger partial charge in [-0.1, -0.05) is 41.9 Å². The van der Waals surface area contributed by atoms with Gasteiger partial charge in [0.1, 0.15) is 23.3 Å². The number of nitrogens with one attached hydrogen (secondary N) is 1. The summed E-state index contributed by atoms with van der Waals surface area (Å²) in [6, 6.07) is 23.5. The van der Waals surface area contributed by atoms with Crippen molar-refractivity contribution >= 4 is 28.9 Å². The van der Waals surface area contributed by atoms with Crippen LogP contribution in [0.5, 0.6) is 5.75 Å². The van der Waals surface area contributed by atoms with Crippen molar-refractivity contribution < 1.29 is 9.15 Å².